The molecule has 1 fully saturated rings. The Bertz CT molecular complexity index is 452. The summed E-state index contributed by atoms with van der Waals surface area (Å²) in [5, 5.41) is 0. The summed E-state index contributed by atoms with van der Waals surface area (Å²) in [6, 6.07) is 6.62. The van der Waals surface area contributed by atoms with Crippen molar-refractivity contribution in [3.63, 3.8) is 0 Å². The molecule has 0 bridgehead atoms. The zero-order chi connectivity index (χ0) is 13.8. The summed E-state index contributed by atoms with van der Waals surface area (Å²) in [6.07, 6.45) is 6.62. The van der Waals surface area contributed by atoms with E-state index in [1.54, 1.807) is 6.92 Å². The van der Waals surface area contributed by atoms with Gasteiger partial charge in [0.05, 0.1) is 5.69 Å². The molecule has 1 saturated carbocycles. The fraction of sp³-hybridized carbons (Fsp3) is 0.562. The highest BCUT2D eigenvalue weighted by Gasteiger charge is 2.21. The van der Waals surface area contributed by atoms with Crippen LogP contribution in [0.3, 0.4) is 0 Å². The summed E-state index contributed by atoms with van der Waals surface area (Å²) in [4.78, 5) is 13.9. The van der Waals surface area contributed by atoms with Crippen molar-refractivity contribution in [1.82, 2.24) is 0 Å². The number of anilines is 1. The first kappa shape index (κ1) is 14.6. The number of Topliss-reactive ketones (excluding diaryl/α,β-unsaturated/α-hetero) is 1. The molecule has 3 heteroatoms. The van der Waals surface area contributed by atoms with Gasteiger partial charge < -0.3 is 4.90 Å². The highest BCUT2D eigenvalue weighted by Crippen LogP contribution is 2.33. The van der Waals surface area contributed by atoms with E-state index < -0.39 is 0 Å². The quantitative estimate of drug-likeness (QED) is 0.741. The summed E-state index contributed by atoms with van der Waals surface area (Å²) >= 11 is 3.63. The monoisotopic (exact) mass is 323 g/mol. The number of rotatable bonds is 4. The summed E-state index contributed by atoms with van der Waals surface area (Å²) in [5.74, 6) is 0.118. The third-order valence-corrected chi connectivity index (χ3v) is 4.65. The lowest BCUT2D eigenvalue weighted by molar-refractivity contribution is 0.101. The summed E-state index contributed by atoms with van der Waals surface area (Å²) in [7, 11) is 0. The fourth-order valence-corrected chi connectivity index (χ4v) is 3.58. The molecule has 0 heterocycles. The van der Waals surface area contributed by atoms with Crippen LogP contribution in [0.15, 0.2) is 22.7 Å². The predicted octanol–water partition coefficient (Wildman–Crippen LogP) is 4.81. The first-order valence-electron chi connectivity index (χ1n) is 7.20. The van der Waals surface area contributed by atoms with E-state index in [0.717, 1.165) is 16.6 Å². The highest BCUT2D eigenvalue weighted by molar-refractivity contribution is 9.10. The molecule has 2 nitrogen and oxygen atoms in total. The zero-order valence-corrected chi connectivity index (χ0v) is 13.4. The molecule has 0 saturated heterocycles. The van der Waals surface area contributed by atoms with Gasteiger partial charge >= 0.3 is 0 Å². The van der Waals surface area contributed by atoms with Gasteiger partial charge in [0.25, 0.3) is 0 Å². The third kappa shape index (κ3) is 3.38. The molecule has 1 aliphatic carbocycles. The highest BCUT2D eigenvalue weighted by atomic mass is 79.9. The number of hydrogen-bond acceptors (Lipinski definition) is 2. The largest absolute Gasteiger partial charge is 0.368 e. The first-order chi connectivity index (χ1) is 9.13. The minimum Gasteiger partial charge on any atom is -0.368 e. The lowest BCUT2D eigenvalue weighted by atomic mass is 9.93. The number of hydrogen-bond donors (Lipinski definition) is 0. The molecule has 0 aliphatic heterocycles. The van der Waals surface area contributed by atoms with Gasteiger partial charge in [0.2, 0.25) is 0 Å². The van der Waals surface area contributed by atoms with Gasteiger partial charge in [0, 0.05) is 22.6 Å². The van der Waals surface area contributed by atoms with Crippen molar-refractivity contribution in [2.24, 2.45) is 0 Å². The fourth-order valence-electron chi connectivity index (χ4n) is 2.98. The number of nitrogens with zero attached hydrogens (tertiary/aromatic N) is 1. The van der Waals surface area contributed by atoms with Gasteiger partial charge in [-0.15, -0.1) is 0 Å². The van der Waals surface area contributed by atoms with Crippen molar-refractivity contribution in [3.05, 3.63) is 28.2 Å². The minimum absolute atomic E-state index is 0.118. The van der Waals surface area contributed by atoms with Crippen molar-refractivity contribution in [2.45, 2.75) is 52.0 Å². The average Bonchev–Trinajstić information content (AvgIpc) is 2.42. The Balaban J connectivity index is 2.24. The molecule has 0 N–H and O–H groups in total. The summed E-state index contributed by atoms with van der Waals surface area (Å²) in [6.45, 7) is 4.84. The topological polar surface area (TPSA) is 20.3 Å². The van der Waals surface area contributed by atoms with Gasteiger partial charge in [-0.3, -0.25) is 4.79 Å². The third-order valence-electron chi connectivity index (χ3n) is 4.02. The van der Waals surface area contributed by atoms with Gasteiger partial charge in [-0.05, 0) is 60.8 Å². The van der Waals surface area contributed by atoms with Crippen LogP contribution in [-0.4, -0.2) is 18.4 Å². The van der Waals surface area contributed by atoms with E-state index in [1.165, 1.54) is 37.8 Å². The van der Waals surface area contributed by atoms with Crippen LogP contribution in [0, 0.1) is 0 Å². The van der Waals surface area contributed by atoms with E-state index in [0.29, 0.717) is 6.04 Å². The molecule has 0 atom stereocenters. The molecule has 1 aliphatic rings. The second-order valence-corrected chi connectivity index (χ2v) is 6.15. The Morgan fingerprint density at radius 1 is 1.32 bits per heavy atom. The zero-order valence-electron chi connectivity index (χ0n) is 11.8. The van der Waals surface area contributed by atoms with Crippen molar-refractivity contribution in [1.29, 1.82) is 0 Å². The van der Waals surface area contributed by atoms with Crippen molar-refractivity contribution >= 4 is 27.4 Å². The van der Waals surface area contributed by atoms with Crippen LogP contribution in [0.25, 0.3) is 0 Å². The number of ketones is 1. The molecule has 0 spiro atoms. The van der Waals surface area contributed by atoms with E-state index in [2.05, 4.69) is 33.8 Å². The van der Waals surface area contributed by atoms with Crippen LogP contribution in [0.4, 0.5) is 5.69 Å². The van der Waals surface area contributed by atoms with Crippen molar-refractivity contribution < 1.29 is 4.79 Å². The summed E-state index contributed by atoms with van der Waals surface area (Å²) < 4.78 is 1.03. The second-order valence-electron chi connectivity index (χ2n) is 5.30. The van der Waals surface area contributed by atoms with Crippen LogP contribution < -0.4 is 4.90 Å². The maximum absolute atomic E-state index is 11.4. The van der Waals surface area contributed by atoms with Gasteiger partial charge in [0.1, 0.15) is 0 Å². The van der Waals surface area contributed by atoms with E-state index >= 15 is 0 Å². The molecule has 19 heavy (non-hydrogen) atoms. The number of carbonyl (C=O) groups is 1. The Morgan fingerprint density at radius 3 is 2.53 bits per heavy atom. The lowest BCUT2D eigenvalue weighted by Gasteiger charge is -2.36. The molecule has 2 rings (SSSR count). The van der Waals surface area contributed by atoms with Crippen LogP contribution >= 0.6 is 15.9 Å². The minimum atomic E-state index is 0.118. The Morgan fingerprint density at radius 2 is 2.00 bits per heavy atom. The average molecular weight is 324 g/mol. The molecule has 0 aromatic heterocycles. The smallest absolute Gasteiger partial charge is 0.159 e. The lowest BCUT2D eigenvalue weighted by Crippen LogP contribution is -2.36. The van der Waals surface area contributed by atoms with Crippen molar-refractivity contribution in [3.8, 4) is 0 Å². The standard InChI is InChI=1S/C16H22BrNO/c1-3-18(14-7-5-4-6-8-14)16-10-9-13(12(2)19)11-15(16)17/h9-11,14H,3-8H2,1-2H3. The maximum Gasteiger partial charge on any atom is 0.159 e. The molecular weight excluding hydrogens is 302 g/mol. The number of benzene rings is 1. The molecule has 104 valence electrons. The second kappa shape index (κ2) is 6.56. The van der Waals surface area contributed by atoms with E-state index in [4.69, 9.17) is 0 Å². The molecule has 0 unspecified atom stereocenters. The molecular formula is C16H22BrNO. The van der Waals surface area contributed by atoms with E-state index in [1.807, 2.05) is 12.1 Å². The van der Waals surface area contributed by atoms with Crippen LogP contribution in [0.2, 0.25) is 0 Å². The molecule has 1 aromatic carbocycles. The van der Waals surface area contributed by atoms with Gasteiger partial charge in [-0.2, -0.15) is 0 Å². The summed E-state index contributed by atoms with van der Waals surface area (Å²) in [5.41, 5.74) is 2.00. The predicted molar refractivity (Wildman–Crippen MR) is 84.0 cm³/mol. The Labute approximate surface area is 124 Å². The SMILES string of the molecule is CCN(c1ccc(C(C)=O)cc1Br)C1CCCCC1. The van der Waals surface area contributed by atoms with E-state index in [9.17, 15) is 4.79 Å². The van der Waals surface area contributed by atoms with Gasteiger partial charge in [-0.25, -0.2) is 0 Å². The normalized spacial score (nSPS) is 16.4. The first-order valence-corrected chi connectivity index (χ1v) is 8.00. The molecule has 0 amide bonds. The Kier molecular flexibility index (Phi) is 5.03. The van der Waals surface area contributed by atoms with Crippen LogP contribution in [0.5, 0.6) is 0 Å². The van der Waals surface area contributed by atoms with Gasteiger partial charge in [-0.1, -0.05) is 19.3 Å². The van der Waals surface area contributed by atoms with Gasteiger partial charge in [0.15, 0.2) is 5.78 Å². The molecule has 1 aromatic rings. The van der Waals surface area contributed by atoms with Crippen LogP contribution in [-0.2, 0) is 0 Å². The molecule has 0 radical (unpaired) electrons. The Hall–Kier alpha value is -0.830. The van der Waals surface area contributed by atoms with Crippen LogP contribution in [0.1, 0.15) is 56.3 Å². The number of carbonyl (C=O) groups excluding carboxylic acids is 1. The van der Waals surface area contributed by atoms with Crippen molar-refractivity contribution in [2.75, 3.05) is 11.4 Å². The number of halogens is 1. The van der Waals surface area contributed by atoms with E-state index in [-0.39, 0.29) is 5.78 Å². The maximum atomic E-state index is 11.4.